The molecular weight excluding hydrogens is 282 g/mol. The van der Waals surface area contributed by atoms with E-state index in [1.807, 2.05) is 22.9 Å². The third-order valence-electron chi connectivity index (χ3n) is 2.73. The van der Waals surface area contributed by atoms with Gasteiger partial charge in [-0.1, -0.05) is 6.07 Å². The Morgan fingerprint density at radius 3 is 3.21 bits per heavy atom. The van der Waals surface area contributed by atoms with E-state index in [2.05, 4.69) is 15.6 Å². The maximum atomic E-state index is 12.0. The fourth-order valence-electron chi connectivity index (χ4n) is 1.79. The number of aromatic nitrogens is 1. The van der Waals surface area contributed by atoms with Crippen molar-refractivity contribution in [1.82, 2.24) is 10.3 Å². The first-order chi connectivity index (χ1) is 9.33. The minimum absolute atomic E-state index is 0.140. The standard InChI is InChI=1S/C12H13N3O2S2/c16-11(9-6-13-3-4-17-9)15-12-14-8(7-19-12)10-2-1-5-18-10/h1-2,5,7,9,13H,3-4,6H2,(H,14,15,16)/t9-/m1/s1. The molecule has 0 bridgehead atoms. The van der Waals surface area contributed by atoms with E-state index < -0.39 is 6.10 Å². The maximum Gasteiger partial charge on any atom is 0.256 e. The molecule has 0 radical (unpaired) electrons. The van der Waals surface area contributed by atoms with E-state index in [1.54, 1.807) is 11.3 Å². The second kappa shape index (κ2) is 5.79. The normalized spacial score (nSPS) is 19.3. The summed E-state index contributed by atoms with van der Waals surface area (Å²) >= 11 is 3.06. The second-order valence-corrected chi connectivity index (χ2v) is 5.87. The van der Waals surface area contributed by atoms with Gasteiger partial charge < -0.3 is 10.1 Å². The lowest BCUT2D eigenvalue weighted by molar-refractivity contribution is -0.128. The van der Waals surface area contributed by atoms with Crippen LogP contribution in [0.1, 0.15) is 0 Å². The van der Waals surface area contributed by atoms with Gasteiger partial charge in [0.1, 0.15) is 6.10 Å². The number of thiazole rings is 1. The van der Waals surface area contributed by atoms with Gasteiger partial charge in [-0.3, -0.25) is 10.1 Å². The van der Waals surface area contributed by atoms with Crippen LogP contribution in [0, 0.1) is 0 Å². The molecule has 0 spiro atoms. The molecule has 2 aromatic heterocycles. The lowest BCUT2D eigenvalue weighted by atomic mass is 10.3. The Kier molecular flexibility index (Phi) is 3.88. The topological polar surface area (TPSA) is 63.2 Å². The van der Waals surface area contributed by atoms with Gasteiger partial charge in [0.15, 0.2) is 5.13 Å². The van der Waals surface area contributed by atoms with Crippen molar-refractivity contribution >= 4 is 33.7 Å². The van der Waals surface area contributed by atoms with Crippen molar-refractivity contribution in [2.75, 3.05) is 25.0 Å². The molecular formula is C12H13N3O2S2. The molecule has 5 nitrogen and oxygen atoms in total. The van der Waals surface area contributed by atoms with Gasteiger partial charge in [-0.15, -0.1) is 22.7 Å². The predicted octanol–water partition coefficient (Wildman–Crippen LogP) is 1.80. The number of carbonyl (C=O) groups excluding carboxylic acids is 1. The fraction of sp³-hybridized carbons (Fsp3) is 0.333. The van der Waals surface area contributed by atoms with Crippen LogP contribution < -0.4 is 10.6 Å². The molecule has 1 fully saturated rings. The number of carbonyl (C=O) groups is 1. The number of amides is 1. The smallest absolute Gasteiger partial charge is 0.256 e. The van der Waals surface area contributed by atoms with Gasteiger partial charge in [0.2, 0.25) is 0 Å². The third-order valence-corrected chi connectivity index (χ3v) is 4.38. The number of ether oxygens (including phenoxy) is 1. The van der Waals surface area contributed by atoms with E-state index in [9.17, 15) is 4.79 Å². The first kappa shape index (κ1) is 12.7. The van der Waals surface area contributed by atoms with Gasteiger partial charge in [0.25, 0.3) is 5.91 Å². The number of hydrogen-bond donors (Lipinski definition) is 2. The highest BCUT2D eigenvalue weighted by molar-refractivity contribution is 7.16. The van der Waals surface area contributed by atoms with Crippen LogP contribution in [-0.4, -0.2) is 36.7 Å². The Bertz CT molecular complexity index is 547. The third kappa shape index (κ3) is 3.01. The van der Waals surface area contributed by atoms with Crippen molar-refractivity contribution in [1.29, 1.82) is 0 Å². The van der Waals surface area contributed by atoms with Crippen molar-refractivity contribution in [3.05, 3.63) is 22.9 Å². The number of nitrogens with one attached hydrogen (secondary N) is 2. The van der Waals surface area contributed by atoms with E-state index >= 15 is 0 Å². The highest BCUT2D eigenvalue weighted by Gasteiger charge is 2.22. The Morgan fingerprint density at radius 1 is 1.53 bits per heavy atom. The average Bonchev–Trinajstić information content (AvgIpc) is 3.10. The van der Waals surface area contributed by atoms with Crippen molar-refractivity contribution in [2.45, 2.75) is 6.10 Å². The molecule has 100 valence electrons. The van der Waals surface area contributed by atoms with Crippen LogP contribution in [0.25, 0.3) is 10.6 Å². The largest absolute Gasteiger partial charge is 0.366 e. The molecule has 1 amide bonds. The van der Waals surface area contributed by atoms with E-state index in [0.717, 1.165) is 17.1 Å². The zero-order chi connectivity index (χ0) is 13.1. The molecule has 0 aliphatic carbocycles. The summed E-state index contributed by atoms with van der Waals surface area (Å²) in [6.45, 7) is 1.91. The van der Waals surface area contributed by atoms with Crippen molar-refractivity contribution in [3.63, 3.8) is 0 Å². The summed E-state index contributed by atoms with van der Waals surface area (Å²) in [5.41, 5.74) is 0.901. The van der Waals surface area contributed by atoms with Gasteiger partial charge >= 0.3 is 0 Å². The van der Waals surface area contributed by atoms with Crippen molar-refractivity contribution in [2.24, 2.45) is 0 Å². The van der Waals surface area contributed by atoms with Gasteiger partial charge in [-0.2, -0.15) is 0 Å². The summed E-state index contributed by atoms with van der Waals surface area (Å²) in [6, 6.07) is 4.00. The Labute approximate surface area is 118 Å². The van der Waals surface area contributed by atoms with Crippen LogP contribution in [0.5, 0.6) is 0 Å². The molecule has 2 aromatic rings. The highest BCUT2D eigenvalue weighted by atomic mass is 32.1. The summed E-state index contributed by atoms with van der Waals surface area (Å²) in [6.07, 6.45) is -0.428. The first-order valence-corrected chi connectivity index (χ1v) is 7.71. The van der Waals surface area contributed by atoms with Crippen molar-refractivity contribution < 1.29 is 9.53 Å². The monoisotopic (exact) mass is 295 g/mol. The SMILES string of the molecule is O=C(Nc1nc(-c2cccs2)cs1)[C@H]1CNCCO1. The Morgan fingerprint density at radius 2 is 2.47 bits per heavy atom. The molecule has 1 aliphatic rings. The molecule has 0 aromatic carbocycles. The maximum absolute atomic E-state index is 12.0. The van der Waals surface area contributed by atoms with Gasteiger partial charge in [0, 0.05) is 18.5 Å². The van der Waals surface area contributed by atoms with Gasteiger partial charge in [-0.05, 0) is 11.4 Å². The first-order valence-electron chi connectivity index (χ1n) is 5.95. The zero-order valence-electron chi connectivity index (χ0n) is 10.1. The Balaban J connectivity index is 1.65. The van der Waals surface area contributed by atoms with E-state index in [-0.39, 0.29) is 5.91 Å². The predicted molar refractivity (Wildman–Crippen MR) is 76.7 cm³/mol. The van der Waals surface area contributed by atoms with E-state index in [0.29, 0.717) is 18.3 Å². The van der Waals surface area contributed by atoms with Crippen LogP contribution in [0.3, 0.4) is 0 Å². The summed E-state index contributed by atoms with van der Waals surface area (Å²) in [5.74, 6) is -0.140. The summed E-state index contributed by atoms with van der Waals surface area (Å²) in [5, 5.41) is 10.5. The molecule has 19 heavy (non-hydrogen) atoms. The van der Waals surface area contributed by atoms with Crippen molar-refractivity contribution in [3.8, 4) is 10.6 Å². The highest BCUT2D eigenvalue weighted by Crippen LogP contribution is 2.28. The molecule has 0 unspecified atom stereocenters. The fourth-order valence-corrected chi connectivity index (χ4v) is 3.26. The molecule has 1 saturated heterocycles. The lowest BCUT2D eigenvalue weighted by Crippen LogP contribution is -2.45. The summed E-state index contributed by atoms with van der Waals surface area (Å²) < 4.78 is 5.40. The lowest BCUT2D eigenvalue weighted by Gasteiger charge is -2.22. The molecule has 3 heterocycles. The average molecular weight is 295 g/mol. The van der Waals surface area contributed by atoms with Gasteiger partial charge in [0.05, 0.1) is 17.2 Å². The second-order valence-electron chi connectivity index (χ2n) is 4.07. The van der Waals surface area contributed by atoms with Gasteiger partial charge in [-0.25, -0.2) is 4.98 Å². The molecule has 0 saturated carbocycles. The van der Waals surface area contributed by atoms with Crippen LogP contribution in [0.15, 0.2) is 22.9 Å². The van der Waals surface area contributed by atoms with E-state index in [4.69, 9.17) is 4.74 Å². The number of thiophene rings is 1. The number of rotatable bonds is 3. The summed E-state index contributed by atoms with van der Waals surface area (Å²) in [4.78, 5) is 17.5. The minimum Gasteiger partial charge on any atom is -0.366 e. The Hall–Kier alpha value is -1.28. The number of anilines is 1. The molecule has 1 aliphatic heterocycles. The quantitative estimate of drug-likeness (QED) is 0.906. The van der Waals surface area contributed by atoms with Crippen LogP contribution in [0.4, 0.5) is 5.13 Å². The van der Waals surface area contributed by atoms with E-state index in [1.165, 1.54) is 11.3 Å². The molecule has 1 atom stereocenters. The summed E-state index contributed by atoms with van der Waals surface area (Å²) in [7, 11) is 0. The number of morpholine rings is 1. The number of hydrogen-bond acceptors (Lipinski definition) is 6. The molecule has 2 N–H and O–H groups in total. The number of nitrogens with zero attached hydrogens (tertiary/aromatic N) is 1. The zero-order valence-corrected chi connectivity index (χ0v) is 11.7. The minimum atomic E-state index is -0.428. The van der Waals surface area contributed by atoms with Crippen LogP contribution in [-0.2, 0) is 9.53 Å². The molecule has 3 rings (SSSR count). The van der Waals surface area contributed by atoms with Crippen LogP contribution in [0.2, 0.25) is 0 Å². The van der Waals surface area contributed by atoms with Crippen LogP contribution >= 0.6 is 22.7 Å². The molecule has 7 heteroatoms.